The Bertz CT molecular complexity index is 585. The number of rotatable bonds is 0. The van der Waals surface area contributed by atoms with Crippen molar-refractivity contribution in [3.8, 4) is 12.5 Å². The molecule has 0 bridgehead atoms. The number of fused-ring (bicyclic) bond motifs is 2. The Morgan fingerprint density at radius 2 is 0.735 bits per heavy atom. The summed E-state index contributed by atoms with van der Waals surface area (Å²) in [6.07, 6.45) is 6.60. The van der Waals surface area contributed by atoms with E-state index in [0.717, 1.165) is 0 Å². The van der Waals surface area contributed by atoms with Gasteiger partial charge in [-0.3, -0.25) is 0 Å². The molecule has 2 aliphatic rings. The molecule has 4 nitrogen and oxygen atoms in total. The Hall–Kier alpha value is -2.98. The van der Waals surface area contributed by atoms with Crippen LogP contribution in [-0.2, 0) is 22.3 Å². The first kappa shape index (κ1) is 44.7. The average molecular weight is 475 g/mol. The highest BCUT2D eigenvalue weighted by molar-refractivity contribution is 5.44. The van der Waals surface area contributed by atoms with E-state index >= 15 is 0 Å². The highest BCUT2D eigenvalue weighted by atomic mass is 16.5. The van der Waals surface area contributed by atoms with Crippen LogP contribution in [0.3, 0.4) is 0 Å². The molecule has 0 spiro atoms. The average Bonchev–Trinajstić information content (AvgIpc) is 3.84. The van der Waals surface area contributed by atoms with Gasteiger partial charge in [-0.15, -0.1) is 0 Å². The molecule has 0 unspecified atom stereocenters. The summed E-state index contributed by atoms with van der Waals surface area (Å²) < 4.78 is 7.69. The van der Waals surface area contributed by atoms with Crippen molar-refractivity contribution in [1.82, 2.24) is 0 Å². The fourth-order valence-corrected chi connectivity index (χ4v) is 1.67. The van der Waals surface area contributed by atoms with Gasteiger partial charge < -0.3 is 9.47 Å². The molecule has 0 radical (unpaired) electrons. The predicted molar refractivity (Wildman–Crippen MR) is 152 cm³/mol. The lowest BCUT2D eigenvalue weighted by Crippen LogP contribution is -1.55. The van der Waals surface area contributed by atoms with Crippen LogP contribution in [0.1, 0.15) is 105 Å². The van der Waals surface area contributed by atoms with Crippen molar-refractivity contribution in [2.75, 3.05) is 14.2 Å². The third kappa shape index (κ3) is 36.4. The van der Waals surface area contributed by atoms with Crippen molar-refractivity contribution in [2.24, 2.45) is 0 Å². The fourth-order valence-electron chi connectivity index (χ4n) is 1.67. The minimum absolute atomic E-state index is 0. The summed E-state index contributed by atoms with van der Waals surface area (Å²) in [5, 5.41) is 14.8. The number of nitriles is 2. The number of benzene rings is 2. The summed E-state index contributed by atoms with van der Waals surface area (Å²) in [6.45, 7) is 20.2. The molecule has 0 heterocycles. The lowest BCUT2D eigenvalue weighted by molar-refractivity contribution is 0.362. The van der Waals surface area contributed by atoms with E-state index in [0.29, 0.717) is 0 Å². The van der Waals surface area contributed by atoms with E-state index in [1.54, 1.807) is 0 Å². The first-order valence-electron chi connectivity index (χ1n) is 12.2. The molecule has 4 heteroatoms. The first-order valence-corrected chi connectivity index (χ1v) is 12.2. The minimum atomic E-state index is 0. The molecular weight excluding hydrogens is 420 g/mol. The fraction of sp³-hybridized carbons (Fsp3) is 0.533. The lowest BCUT2D eigenvalue weighted by Gasteiger charge is -1.69. The van der Waals surface area contributed by atoms with Crippen LogP contribution in [-0.4, -0.2) is 14.2 Å². The van der Waals surface area contributed by atoms with Crippen molar-refractivity contribution in [1.29, 1.82) is 10.5 Å². The van der Waals surface area contributed by atoms with Gasteiger partial charge in [-0.1, -0.05) is 132 Å². The Morgan fingerprint density at radius 1 is 0.588 bits per heavy atom. The van der Waals surface area contributed by atoms with Crippen LogP contribution in [0.15, 0.2) is 48.5 Å². The van der Waals surface area contributed by atoms with Gasteiger partial charge >= 0.3 is 0 Å². The Kier molecular flexibility index (Phi) is 57.6. The van der Waals surface area contributed by atoms with E-state index in [-0.39, 0.29) is 7.43 Å². The normalized spacial score (nSPS) is 7.59. The zero-order valence-electron chi connectivity index (χ0n) is 23.5. The van der Waals surface area contributed by atoms with Crippen molar-refractivity contribution >= 4 is 0 Å². The Balaban J connectivity index is -0.0000000687. The molecule has 0 saturated heterocycles. The maximum atomic E-state index is 7.40. The SMILES string of the molecule is C.CC.CC.CC.CC.CCC.COC#N.COC#N.c1ccc2c(c1)C2.c1ccc2c(c1)C2. The number of nitrogens with zero attached hydrogens (tertiary/aromatic N) is 2. The summed E-state index contributed by atoms with van der Waals surface area (Å²) in [4.78, 5) is 0. The van der Waals surface area contributed by atoms with Crippen LogP contribution in [0.5, 0.6) is 0 Å². The highest BCUT2D eigenvalue weighted by Gasteiger charge is 2.12. The van der Waals surface area contributed by atoms with Gasteiger partial charge in [-0.2, -0.15) is 10.5 Å². The van der Waals surface area contributed by atoms with E-state index in [4.69, 9.17) is 10.5 Å². The molecule has 0 aromatic heterocycles. The summed E-state index contributed by atoms with van der Waals surface area (Å²) >= 11 is 0. The Morgan fingerprint density at radius 3 is 0.824 bits per heavy atom. The van der Waals surface area contributed by atoms with Gasteiger partial charge in [0.05, 0.1) is 14.2 Å². The topological polar surface area (TPSA) is 66.0 Å². The van der Waals surface area contributed by atoms with Crippen LogP contribution >= 0.6 is 0 Å². The van der Waals surface area contributed by atoms with Crippen molar-refractivity contribution < 1.29 is 9.47 Å². The molecule has 0 atom stereocenters. The number of hydrogen-bond donors (Lipinski definition) is 0. The highest BCUT2D eigenvalue weighted by Crippen LogP contribution is 2.26. The standard InChI is InChI=1S/2C7H6.C3H8.2C2H3NO.4C2H6.CH4/c2*1-2-4-7-5-6(7)3-1;1-3-2;2*1-4-2-3;4*1-2;/h2*1-4H,5H2;3H2,1-2H3;2*1H3;4*1-2H3;1H4. The van der Waals surface area contributed by atoms with Gasteiger partial charge in [-0.05, 0) is 35.1 Å². The minimum Gasteiger partial charge on any atom is -0.431 e. The Labute approximate surface area is 213 Å². The molecule has 2 aromatic carbocycles. The van der Waals surface area contributed by atoms with Crippen molar-refractivity contribution in [3.05, 3.63) is 70.8 Å². The van der Waals surface area contributed by atoms with Gasteiger partial charge in [0.15, 0.2) is 0 Å². The van der Waals surface area contributed by atoms with Gasteiger partial charge in [0.2, 0.25) is 0 Å². The molecule has 196 valence electrons. The summed E-state index contributed by atoms with van der Waals surface area (Å²) in [5.41, 5.74) is 6.12. The zero-order chi connectivity index (χ0) is 26.9. The maximum Gasteiger partial charge on any atom is 0.286 e. The summed E-state index contributed by atoms with van der Waals surface area (Å²) in [5.74, 6) is 0. The van der Waals surface area contributed by atoms with Crippen molar-refractivity contribution in [2.45, 2.75) is 95.9 Å². The second-order valence-corrected chi connectivity index (χ2v) is 5.19. The van der Waals surface area contributed by atoms with Crippen LogP contribution in [0.2, 0.25) is 0 Å². The quantitative estimate of drug-likeness (QED) is 0.238. The van der Waals surface area contributed by atoms with Crippen LogP contribution in [0.4, 0.5) is 0 Å². The molecule has 2 aromatic rings. The zero-order valence-corrected chi connectivity index (χ0v) is 23.5. The second-order valence-electron chi connectivity index (χ2n) is 5.19. The van der Waals surface area contributed by atoms with Gasteiger partial charge in [0.1, 0.15) is 0 Å². The number of ether oxygens (including phenoxy) is 2. The molecule has 0 fully saturated rings. The van der Waals surface area contributed by atoms with Crippen molar-refractivity contribution in [3.63, 3.8) is 0 Å². The van der Waals surface area contributed by atoms with E-state index in [1.165, 1.54) is 68.2 Å². The molecule has 0 N–H and O–H groups in total. The van der Waals surface area contributed by atoms with E-state index < -0.39 is 0 Å². The molecular formula is C30H54N2O2. The molecule has 2 aliphatic carbocycles. The smallest absolute Gasteiger partial charge is 0.286 e. The maximum absolute atomic E-state index is 7.40. The molecule has 0 amide bonds. The third-order valence-corrected chi connectivity index (χ3v) is 2.93. The number of methoxy groups -OCH3 is 2. The van der Waals surface area contributed by atoms with Crippen LogP contribution in [0.25, 0.3) is 0 Å². The lowest BCUT2D eigenvalue weighted by atomic mass is 10.4. The van der Waals surface area contributed by atoms with Gasteiger partial charge in [-0.25, -0.2) is 0 Å². The van der Waals surface area contributed by atoms with E-state index in [2.05, 4.69) is 71.9 Å². The summed E-state index contributed by atoms with van der Waals surface area (Å²) in [6, 6.07) is 17.1. The third-order valence-electron chi connectivity index (χ3n) is 2.93. The van der Waals surface area contributed by atoms with E-state index in [9.17, 15) is 0 Å². The monoisotopic (exact) mass is 474 g/mol. The summed E-state index contributed by atoms with van der Waals surface area (Å²) in [7, 11) is 2.64. The molecule has 34 heavy (non-hydrogen) atoms. The van der Waals surface area contributed by atoms with E-state index in [1.807, 2.05) is 55.4 Å². The van der Waals surface area contributed by atoms with Crippen LogP contribution < -0.4 is 0 Å². The largest absolute Gasteiger partial charge is 0.431 e. The molecule has 0 saturated carbocycles. The first-order chi connectivity index (χ1) is 16.2. The van der Waals surface area contributed by atoms with Gasteiger partial charge in [0.25, 0.3) is 12.5 Å². The second kappa shape index (κ2) is 43.8. The molecule has 4 rings (SSSR count). The van der Waals surface area contributed by atoms with Gasteiger partial charge in [0, 0.05) is 0 Å². The predicted octanol–water partition coefficient (Wildman–Crippen LogP) is 9.57. The number of hydrogen-bond acceptors (Lipinski definition) is 4. The van der Waals surface area contributed by atoms with Crippen LogP contribution in [0, 0.1) is 23.0 Å². The molecule has 0 aliphatic heterocycles.